The van der Waals surface area contributed by atoms with Gasteiger partial charge in [-0.25, -0.2) is 4.39 Å². The maximum Gasteiger partial charge on any atom is 0.298 e. The quantitative estimate of drug-likeness (QED) is 0.836. The Balaban J connectivity index is 2.04. The lowest BCUT2D eigenvalue weighted by Crippen LogP contribution is -1.96. The highest BCUT2D eigenvalue weighted by Gasteiger charge is 2.07. The molecule has 0 radical (unpaired) electrons. The zero-order valence-corrected chi connectivity index (χ0v) is 11.0. The predicted octanol–water partition coefficient (Wildman–Crippen LogP) is 2.97. The SMILES string of the molecule is COCCc1nsc(Oc2ccc(C)c(F)c2)n1. The lowest BCUT2D eigenvalue weighted by Gasteiger charge is -2.02. The van der Waals surface area contributed by atoms with E-state index >= 15 is 0 Å². The highest BCUT2D eigenvalue weighted by Crippen LogP contribution is 2.24. The van der Waals surface area contributed by atoms with Crippen molar-refractivity contribution in [2.45, 2.75) is 13.3 Å². The van der Waals surface area contributed by atoms with Crippen molar-refractivity contribution in [2.24, 2.45) is 0 Å². The summed E-state index contributed by atoms with van der Waals surface area (Å²) in [6.45, 7) is 2.27. The number of halogens is 1. The van der Waals surface area contributed by atoms with Crippen molar-refractivity contribution in [2.75, 3.05) is 13.7 Å². The maximum atomic E-state index is 13.3. The van der Waals surface area contributed by atoms with Crippen molar-refractivity contribution in [3.63, 3.8) is 0 Å². The Labute approximate surface area is 109 Å². The van der Waals surface area contributed by atoms with Crippen LogP contribution in [0.3, 0.4) is 0 Å². The van der Waals surface area contributed by atoms with Crippen LogP contribution in [0.15, 0.2) is 18.2 Å². The standard InChI is InChI=1S/C12H13FN2O2S/c1-8-3-4-9(7-10(8)13)17-12-14-11(15-18-12)5-6-16-2/h3-4,7H,5-6H2,1-2H3. The van der Waals surface area contributed by atoms with Gasteiger partial charge in [0.05, 0.1) is 6.61 Å². The van der Waals surface area contributed by atoms with E-state index in [4.69, 9.17) is 9.47 Å². The molecule has 6 heteroatoms. The lowest BCUT2D eigenvalue weighted by molar-refractivity contribution is 0.200. The third-order valence-corrected chi connectivity index (χ3v) is 2.96. The summed E-state index contributed by atoms with van der Waals surface area (Å²) in [5.41, 5.74) is 0.584. The van der Waals surface area contributed by atoms with E-state index in [0.29, 0.717) is 35.4 Å². The molecular formula is C12H13FN2O2S. The molecule has 2 rings (SSSR count). The zero-order valence-electron chi connectivity index (χ0n) is 10.1. The van der Waals surface area contributed by atoms with Gasteiger partial charge in [-0.3, -0.25) is 0 Å². The van der Waals surface area contributed by atoms with E-state index in [1.165, 1.54) is 6.07 Å². The van der Waals surface area contributed by atoms with Crippen LogP contribution in [-0.4, -0.2) is 23.1 Å². The Morgan fingerprint density at radius 3 is 2.94 bits per heavy atom. The number of ether oxygens (including phenoxy) is 2. The normalized spacial score (nSPS) is 10.6. The third kappa shape index (κ3) is 3.24. The van der Waals surface area contributed by atoms with E-state index in [1.54, 1.807) is 26.2 Å². The first-order valence-electron chi connectivity index (χ1n) is 5.44. The van der Waals surface area contributed by atoms with Crippen LogP contribution in [0.4, 0.5) is 4.39 Å². The van der Waals surface area contributed by atoms with Crippen molar-refractivity contribution in [3.05, 3.63) is 35.4 Å². The molecule has 18 heavy (non-hydrogen) atoms. The molecule has 0 aliphatic carbocycles. The molecule has 4 nitrogen and oxygen atoms in total. The second kappa shape index (κ2) is 5.88. The molecule has 0 aliphatic rings. The molecule has 96 valence electrons. The van der Waals surface area contributed by atoms with Gasteiger partial charge in [0.15, 0.2) is 0 Å². The van der Waals surface area contributed by atoms with Gasteiger partial charge >= 0.3 is 0 Å². The fourth-order valence-corrected chi connectivity index (χ4v) is 1.91. The minimum atomic E-state index is -0.295. The summed E-state index contributed by atoms with van der Waals surface area (Å²) in [6, 6.07) is 4.71. The molecule has 0 saturated carbocycles. The Morgan fingerprint density at radius 2 is 2.22 bits per heavy atom. The van der Waals surface area contributed by atoms with Crippen LogP contribution in [0.1, 0.15) is 11.4 Å². The van der Waals surface area contributed by atoms with Gasteiger partial charge in [-0.1, -0.05) is 6.07 Å². The van der Waals surface area contributed by atoms with Gasteiger partial charge in [0.2, 0.25) is 0 Å². The Bertz CT molecular complexity index is 531. The predicted molar refractivity (Wildman–Crippen MR) is 66.7 cm³/mol. The number of rotatable bonds is 5. The van der Waals surface area contributed by atoms with Gasteiger partial charge in [-0.15, -0.1) is 0 Å². The first kappa shape index (κ1) is 12.9. The summed E-state index contributed by atoms with van der Waals surface area (Å²) in [5.74, 6) is 0.800. The monoisotopic (exact) mass is 268 g/mol. The molecule has 0 amide bonds. The van der Waals surface area contributed by atoms with Crippen molar-refractivity contribution in [3.8, 4) is 10.9 Å². The topological polar surface area (TPSA) is 44.2 Å². The number of nitrogens with zero attached hydrogens (tertiary/aromatic N) is 2. The van der Waals surface area contributed by atoms with Gasteiger partial charge in [0.25, 0.3) is 5.19 Å². The van der Waals surface area contributed by atoms with Crippen LogP contribution < -0.4 is 4.74 Å². The first-order valence-corrected chi connectivity index (χ1v) is 6.22. The molecule has 0 atom stereocenters. The average Bonchev–Trinajstić information content (AvgIpc) is 2.79. The second-order valence-electron chi connectivity index (χ2n) is 3.73. The minimum Gasteiger partial charge on any atom is -0.430 e. The molecule has 2 aromatic rings. The smallest absolute Gasteiger partial charge is 0.298 e. The van der Waals surface area contributed by atoms with Crippen LogP contribution in [0.5, 0.6) is 10.9 Å². The summed E-state index contributed by atoms with van der Waals surface area (Å²) in [5, 5.41) is 0.407. The molecule has 0 fully saturated rings. The number of hydrogen-bond acceptors (Lipinski definition) is 5. The fourth-order valence-electron chi connectivity index (χ4n) is 1.31. The number of aryl methyl sites for hydroxylation is 1. The van der Waals surface area contributed by atoms with Gasteiger partial charge in [-0.05, 0) is 18.6 Å². The van der Waals surface area contributed by atoms with Crippen LogP contribution in [-0.2, 0) is 11.2 Å². The summed E-state index contributed by atoms with van der Waals surface area (Å²) < 4.78 is 27.8. The molecule has 1 aromatic heterocycles. The van der Waals surface area contributed by atoms with Gasteiger partial charge in [-0.2, -0.15) is 9.36 Å². The van der Waals surface area contributed by atoms with E-state index in [1.807, 2.05) is 0 Å². The van der Waals surface area contributed by atoms with Gasteiger partial charge in [0.1, 0.15) is 17.4 Å². The van der Waals surface area contributed by atoms with Crippen molar-refractivity contribution < 1.29 is 13.9 Å². The Morgan fingerprint density at radius 1 is 1.39 bits per heavy atom. The third-order valence-electron chi connectivity index (χ3n) is 2.33. The molecular weight excluding hydrogens is 255 g/mol. The van der Waals surface area contributed by atoms with Crippen molar-refractivity contribution in [1.82, 2.24) is 9.36 Å². The second-order valence-corrected chi connectivity index (χ2v) is 4.45. The van der Waals surface area contributed by atoms with Crippen LogP contribution in [0, 0.1) is 12.7 Å². The molecule has 0 saturated heterocycles. The number of aromatic nitrogens is 2. The maximum absolute atomic E-state index is 13.3. The summed E-state index contributed by atoms with van der Waals surface area (Å²) in [6.07, 6.45) is 0.638. The minimum absolute atomic E-state index is 0.295. The number of hydrogen-bond donors (Lipinski definition) is 0. The highest BCUT2D eigenvalue weighted by atomic mass is 32.1. The van der Waals surface area contributed by atoms with Crippen molar-refractivity contribution in [1.29, 1.82) is 0 Å². The molecule has 0 N–H and O–H groups in total. The van der Waals surface area contributed by atoms with E-state index in [2.05, 4.69) is 9.36 Å². The van der Waals surface area contributed by atoms with E-state index in [9.17, 15) is 4.39 Å². The van der Waals surface area contributed by atoms with E-state index in [-0.39, 0.29) is 5.82 Å². The average molecular weight is 268 g/mol. The van der Waals surface area contributed by atoms with Crippen molar-refractivity contribution >= 4 is 11.5 Å². The summed E-state index contributed by atoms with van der Waals surface area (Å²) >= 11 is 1.14. The summed E-state index contributed by atoms with van der Waals surface area (Å²) in [4.78, 5) is 4.18. The number of methoxy groups -OCH3 is 1. The van der Waals surface area contributed by atoms with E-state index in [0.717, 1.165) is 11.5 Å². The Kier molecular flexibility index (Phi) is 4.22. The summed E-state index contributed by atoms with van der Waals surface area (Å²) in [7, 11) is 1.62. The van der Waals surface area contributed by atoms with Crippen LogP contribution in [0.2, 0.25) is 0 Å². The fraction of sp³-hybridized carbons (Fsp3) is 0.333. The molecule has 1 heterocycles. The van der Waals surface area contributed by atoms with Gasteiger partial charge in [0, 0.05) is 31.1 Å². The number of benzene rings is 1. The molecule has 0 bridgehead atoms. The molecule has 0 aliphatic heterocycles. The zero-order chi connectivity index (χ0) is 13.0. The lowest BCUT2D eigenvalue weighted by atomic mass is 10.2. The van der Waals surface area contributed by atoms with Crippen LogP contribution >= 0.6 is 11.5 Å². The first-order chi connectivity index (χ1) is 8.69. The van der Waals surface area contributed by atoms with Crippen LogP contribution in [0.25, 0.3) is 0 Å². The Hall–Kier alpha value is -1.53. The molecule has 0 spiro atoms. The largest absolute Gasteiger partial charge is 0.430 e. The highest BCUT2D eigenvalue weighted by molar-refractivity contribution is 7.07. The van der Waals surface area contributed by atoms with E-state index < -0.39 is 0 Å². The van der Waals surface area contributed by atoms with Gasteiger partial charge < -0.3 is 9.47 Å². The molecule has 1 aromatic carbocycles. The molecule has 0 unspecified atom stereocenters.